The summed E-state index contributed by atoms with van der Waals surface area (Å²) in [5.74, 6) is -0.308. The highest BCUT2D eigenvalue weighted by Crippen LogP contribution is 2.22. The lowest BCUT2D eigenvalue weighted by atomic mass is 10.1. The van der Waals surface area contributed by atoms with Gasteiger partial charge in [0, 0.05) is 15.7 Å². The number of rotatable bonds is 3. The van der Waals surface area contributed by atoms with E-state index < -0.39 is 0 Å². The first kappa shape index (κ1) is 15.5. The number of carbonyl (C=O) groups is 1. The fourth-order valence-electron chi connectivity index (χ4n) is 1.75. The maximum absolute atomic E-state index is 12.2. The van der Waals surface area contributed by atoms with E-state index in [9.17, 15) is 4.79 Å². The van der Waals surface area contributed by atoms with Gasteiger partial charge in [-0.3, -0.25) is 4.79 Å². The lowest BCUT2D eigenvalue weighted by molar-refractivity contribution is 0.102. The molecule has 0 atom stereocenters. The summed E-state index contributed by atoms with van der Waals surface area (Å²) in [5, 5.41) is 15.1. The fourth-order valence-corrected chi connectivity index (χ4v) is 2.31. The van der Waals surface area contributed by atoms with E-state index in [1.165, 1.54) is 0 Å². The van der Waals surface area contributed by atoms with E-state index in [2.05, 4.69) is 26.4 Å². The van der Waals surface area contributed by atoms with Crippen LogP contribution in [0, 0.1) is 0 Å². The highest BCUT2D eigenvalue weighted by Gasteiger charge is 2.11. The van der Waals surface area contributed by atoms with Gasteiger partial charge in [-0.15, -0.1) is 0 Å². The molecule has 0 aliphatic rings. The molecule has 6 heteroatoms. The van der Waals surface area contributed by atoms with Crippen LogP contribution in [0.3, 0.4) is 0 Å². The van der Waals surface area contributed by atoms with Crippen LogP contribution in [0.15, 0.2) is 52.1 Å². The standard InChI is InChI=1S/C15H12BrClN2O2/c1-9(19-21)10-3-2-4-12(7-10)18-15(20)13-8-11(16)5-6-14(13)17/h2-8,21H,1H3,(H,18,20)/b19-9+. The van der Waals surface area contributed by atoms with Gasteiger partial charge in [-0.05, 0) is 37.3 Å². The summed E-state index contributed by atoms with van der Waals surface area (Å²) in [6, 6.07) is 12.1. The van der Waals surface area contributed by atoms with Gasteiger partial charge in [0.05, 0.1) is 16.3 Å². The number of benzene rings is 2. The zero-order valence-corrected chi connectivity index (χ0v) is 13.4. The average molecular weight is 368 g/mol. The van der Waals surface area contributed by atoms with Gasteiger partial charge in [-0.1, -0.05) is 44.8 Å². The van der Waals surface area contributed by atoms with Crippen LogP contribution in [0.4, 0.5) is 5.69 Å². The Labute approximate surface area is 135 Å². The number of oxime groups is 1. The van der Waals surface area contributed by atoms with Gasteiger partial charge >= 0.3 is 0 Å². The fraction of sp³-hybridized carbons (Fsp3) is 0.0667. The Morgan fingerprint density at radius 1 is 1.29 bits per heavy atom. The first-order valence-corrected chi connectivity index (χ1v) is 7.24. The van der Waals surface area contributed by atoms with Crippen molar-refractivity contribution in [3.05, 3.63) is 63.1 Å². The maximum atomic E-state index is 12.2. The van der Waals surface area contributed by atoms with Crippen LogP contribution in [0.5, 0.6) is 0 Å². The van der Waals surface area contributed by atoms with Gasteiger partial charge in [0.1, 0.15) is 0 Å². The van der Waals surface area contributed by atoms with Crippen LogP contribution >= 0.6 is 27.5 Å². The molecule has 2 aromatic carbocycles. The third-order valence-electron chi connectivity index (χ3n) is 2.86. The quantitative estimate of drug-likeness (QED) is 0.475. The zero-order valence-electron chi connectivity index (χ0n) is 11.1. The molecular weight excluding hydrogens is 356 g/mol. The van der Waals surface area contributed by atoms with Crippen molar-refractivity contribution in [3.63, 3.8) is 0 Å². The molecule has 2 rings (SSSR count). The molecule has 0 saturated carbocycles. The van der Waals surface area contributed by atoms with Crippen molar-refractivity contribution in [3.8, 4) is 0 Å². The Bertz CT molecular complexity index is 717. The van der Waals surface area contributed by atoms with Gasteiger partial charge in [0.2, 0.25) is 0 Å². The van der Waals surface area contributed by atoms with Gasteiger partial charge in [0.15, 0.2) is 0 Å². The maximum Gasteiger partial charge on any atom is 0.257 e. The second kappa shape index (κ2) is 6.74. The van der Waals surface area contributed by atoms with E-state index in [1.807, 2.05) is 0 Å². The molecule has 0 aromatic heterocycles. The highest BCUT2D eigenvalue weighted by molar-refractivity contribution is 9.10. The molecule has 2 N–H and O–H groups in total. The predicted octanol–water partition coefficient (Wildman–Crippen LogP) is 4.55. The Hall–Kier alpha value is -1.85. The zero-order chi connectivity index (χ0) is 15.4. The average Bonchev–Trinajstić information content (AvgIpc) is 2.49. The molecule has 0 aliphatic heterocycles. The summed E-state index contributed by atoms with van der Waals surface area (Å²) < 4.78 is 0.772. The van der Waals surface area contributed by atoms with Crippen molar-refractivity contribution in [2.75, 3.05) is 5.32 Å². The number of halogens is 2. The number of nitrogens with zero attached hydrogens (tertiary/aromatic N) is 1. The molecule has 0 saturated heterocycles. The molecule has 1 amide bonds. The molecule has 0 radical (unpaired) electrons. The summed E-state index contributed by atoms with van der Waals surface area (Å²) in [6.45, 7) is 1.67. The van der Waals surface area contributed by atoms with Crippen LogP contribution in [0.1, 0.15) is 22.8 Å². The Morgan fingerprint density at radius 2 is 2.05 bits per heavy atom. The number of anilines is 1. The number of nitrogens with one attached hydrogen (secondary N) is 1. The minimum atomic E-state index is -0.308. The number of carbonyl (C=O) groups excluding carboxylic acids is 1. The van der Waals surface area contributed by atoms with E-state index in [1.54, 1.807) is 49.4 Å². The van der Waals surface area contributed by atoms with Crippen LogP contribution < -0.4 is 5.32 Å². The second-order valence-corrected chi connectivity index (χ2v) is 5.67. The molecule has 0 spiro atoms. The van der Waals surface area contributed by atoms with E-state index in [-0.39, 0.29) is 5.91 Å². The topological polar surface area (TPSA) is 61.7 Å². The number of amides is 1. The molecule has 0 unspecified atom stereocenters. The van der Waals surface area contributed by atoms with E-state index in [0.717, 1.165) is 10.0 Å². The van der Waals surface area contributed by atoms with Crippen molar-refractivity contribution in [1.29, 1.82) is 0 Å². The normalized spacial score (nSPS) is 11.3. The predicted molar refractivity (Wildman–Crippen MR) is 87.5 cm³/mol. The third-order valence-corrected chi connectivity index (χ3v) is 3.68. The monoisotopic (exact) mass is 366 g/mol. The molecule has 108 valence electrons. The summed E-state index contributed by atoms with van der Waals surface area (Å²) >= 11 is 9.34. The van der Waals surface area contributed by atoms with Crippen LogP contribution in [0.25, 0.3) is 0 Å². The van der Waals surface area contributed by atoms with E-state index in [4.69, 9.17) is 16.8 Å². The first-order chi connectivity index (χ1) is 10.0. The van der Waals surface area contributed by atoms with Crippen LogP contribution in [-0.2, 0) is 0 Å². The van der Waals surface area contributed by atoms with Gasteiger partial charge < -0.3 is 10.5 Å². The van der Waals surface area contributed by atoms with Crippen molar-refractivity contribution < 1.29 is 10.0 Å². The molecule has 4 nitrogen and oxygen atoms in total. The molecule has 2 aromatic rings. The number of hydrogen-bond donors (Lipinski definition) is 2. The van der Waals surface area contributed by atoms with Crippen molar-refractivity contribution >= 4 is 44.8 Å². The van der Waals surface area contributed by atoms with Crippen molar-refractivity contribution in [2.45, 2.75) is 6.92 Å². The van der Waals surface area contributed by atoms with Crippen LogP contribution in [0.2, 0.25) is 5.02 Å². The molecule has 0 bridgehead atoms. The Balaban J connectivity index is 2.26. The van der Waals surface area contributed by atoms with Gasteiger partial charge in [-0.2, -0.15) is 0 Å². The summed E-state index contributed by atoms with van der Waals surface area (Å²) in [4.78, 5) is 12.2. The Morgan fingerprint density at radius 3 is 2.76 bits per heavy atom. The molecule has 0 aliphatic carbocycles. The molecule has 0 heterocycles. The van der Waals surface area contributed by atoms with E-state index in [0.29, 0.717) is 22.0 Å². The largest absolute Gasteiger partial charge is 0.411 e. The molecule has 21 heavy (non-hydrogen) atoms. The van der Waals surface area contributed by atoms with E-state index >= 15 is 0 Å². The minimum Gasteiger partial charge on any atom is -0.411 e. The van der Waals surface area contributed by atoms with Crippen LogP contribution in [-0.4, -0.2) is 16.8 Å². The van der Waals surface area contributed by atoms with Crippen molar-refractivity contribution in [1.82, 2.24) is 0 Å². The molecule has 0 fully saturated rings. The molecular formula is C15H12BrClN2O2. The van der Waals surface area contributed by atoms with Crippen molar-refractivity contribution in [2.24, 2.45) is 5.16 Å². The smallest absolute Gasteiger partial charge is 0.257 e. The van der Waals surface area contributed by atoms with Gasteiger partial charge in [-0.25, -0.2) is 0 Å². The summed E-state index contributed by atoms with van der Waals surface area (Å²) in [5.41, 5.74) is 2.16. The second-order valence-electron chi connectivity index (χ2n) is 4.34. The van der Waals surface area contributed by atoms with Gasteiger partial charge in [0.25, 0.3) is 5.91 Å². The number of hydrogen-bond acceptors (Lipinski definition) is 3. The SMILES string of the molecule is C/C(=N\O)c1cccc(NC(=O)c2cc(Br)ccc2Cl)c1. The Kier molecular flexibility index (Phi) is 4.98. The summed E-state index contributed by atoms with van der Waals surface area (Å²) in [6.07, 6.45) is 0. The minimum absolute atomic E-state index is 0.308. The first-order valence-electron chi connectivity index (χ1n) is 6.07. The third kappa shape index (κ3) is 3.83. The lowest BCUT2D eigenvalue weighted by Gasteiger charge is -2.08. The summed E-state index contributed by atoms with van der Waals surface area (Å²) in [7, 11) is 0. The highest BCUT2D eigenvalue weighted by atomic mass is 79.9. The lowest BCUT2D eigenvalue weighted by Crippen LogP contribution is -2.13.